The second-order valence-corrected chi connectivity index (χ2v) is 4.71. The highest BCUT2D eigenvalue weighted by Crippen LogP contribution is 2.10. The van der Waals surface area contributed by atoms with Gasteiger partial charge in [-0.3, -0.25) is 0 Å². The molecule has 19 heavy (non-hydrogen) atoms. The van der Waals surface area contributed by atoms with Crippen molar-refractivity contribution in [3.63, 3.8) is 0 Å². The van der Waals surface area contributed by atoms with Gasteiger partial charge in [0.15, 0.2) is 0 Å². The number of benzene rings is 1. The third kappa shape index (κ3) is 4.62. The quantitative estimate of drug-likeness (QED) is 0.764. The van der Waals surface area contributed by atoms with Crippen molar-refractivity contribution in [2.24, 2.45) is 5.92 Å². The summed E-state index contributed by atoms with van der Waals surface area (Å²) in [6, 6.07) is 6.03. The smallest absolute Gasteiger partial charge is 0.326 e. The number of nitrogens with one attached hydrogen (secondary N) is 2. The molecule has 1 rings (SSSR count). The molecule has 0 unspecified atom stereocenters. The lowest BCUT2D eigenvalue weighted by atomic mass is 10.1. The van der Waals surface area contributed by atoms with Crippen LogP contribution in [0.3, 0.4) is 0 Å². The Hall–Kier alpha value is -2.04. The fourth-order valence-electron chi connectivity index (χ4n) is 1.65. The van der Waals surface area contributed by atoms with E-state index in [4.69, 9.17) is 5.11 Å². The molecule has 0 aliphatic carbocycles. The predicted molar refractivity (Wildman–Crippen MR) is 74.2 cm³/mol. The Morgan fingerprint density at radius 1 is 1.21 bits per heavy atom. The molecule has 0 bridgehead atoms. The molecule has 0 aliphatic rings. The van der Waals surface area contributed by atoms with E-state index >= 15 is 0 Å². The van der Waals surface area contributed by atoms with Crippen molar-refractivity contribution in [3.05, 3.63) is 29.8 Å². The Morgan fingerprint density at radius 3 is 2.21 bits per heavy atom. The number of hydrogen-bond donors (Lipinski definition) is 3. The molecular formula is C14H20N2O3. The average Bonchev–Trinajstić information content (AvgIpc) is 2.36. The highest BCUT2D eigenvalue weighted by Gasteiger charge is 2.23. The molecule has 0 radical (unpaired) electrons. The number of anilines is 1. The van der Waals surface area contributed by atoms with Crippen molar-refractivity contribution < 1.29 is 14.7 Å². The highest BCUT2D eigenvalue weighted by molar-refractivity contribution is 5.92. The SMILES string of the molecule is CCc1ccc(NC(=O)N[C@@H](C(=O)O)C(C)C)cc1. The fraction of sp³-hybridized carbons (Fsp3) is 0.429. The van der Waals surface area contributed by atoms with E-state index in [1.54, 1.807) is 26.0 Å². The van der Waals surface area contributed by atoms with Gasteiger partial charge < -0.3 is 15.7 Å². The number of aliphatic carboxylic acids is 1. The largest absolute Gasteiger partial charge is 0.480 e. The molecule has 1 aromatic rings. The van der Waals surface area contributed by atoms with Crippen LogP contribution in [-0.2, 0) is 11.2 Å². The summed E-state index contributed by atoms with van der Waals surface area (Å²) in [7, 11) is 0. The first-order valence-corrected chi connectivity index (χ1v) is 6.33. The first kappa shape index (κ1) is 15.0. The van der Waals surface area contributed by atoms with Crippen LogP contribution < -0.4 is 10.6 Å². The van der Waals surface area contributed by atoms with E-state index in [9.17, 15) is 9.59 Å². The standard InChI is InChI=1S/C14H20N2O3/c1-4-10-5-7-11(8-6-10)15-14(19)16-12(9(2)3)13(17)18/h5-9,12H,4H2,1-3H3,(H,17,18)(H2,15,16,19)/t12-/m1/s1. The summed E-state index contributed by atoms with van der Waals surface area (Å²) in [6.45, 7) is 5.54. The van der Waals surface area contributed by atoms with Gasteiger partial charge >= 0.3 is 12.0 Å². The number of urea groups is 1. The van der Waals surface area contributed by atoms with E-state index in [1.807, 2.05) is 12.1 Å². The maximum atomic E-state index is 11.7. The molecule has 5 nitrogen and oxygen atoms in total. The van der Waals surface area contributed by atoms with Crippen molar-refractivity contribution in [1.29, 1.82) is 0 Å². The molecule has 0 fully saturated rings. The van der Waals surface area contributed by atoms with Gasteiger partial charge in [-0.05, 0) is 30.0 Å². The number of carbonyl (C=O) groups is 2. The van der Waals surface area contributed by atoms with E-state index in [1.165, 1.54) is 5.56 Å². The zero-order chi connectivity index (χ0) is 14.4. The second-order valence-electron chi connectivity index (χ2n) is 4.71. The summed E-state index contributed by atoms with van der Waals surface area (Å²) in [5, 5.41) is 14.0. The molecule has 0 aliphatic heterocycles. The van der Waals surface area contributed by atoms with Crippen LogP contribution in [0.2, 0.25) is 0 Å². The Kier molecular flexibility index (Phi) is 5.36. The predicted octanol–water partition coefficient (Wildman–Crippen LogP) is 2.48. The van der Waals surface area contributed by atoms with Crippen LogP contribution in [0.5, 0.6) is 0 Å². The van der Waals surface area contributed by atoms with Gasteiger partial charge in [0.1, 0.15) is 6.04 Å². The molecule has 0 saturated carbocycles. The summed E-state index contributed by atoms with van der Waals surface area (Å²) < 4.78 is 0. The van der Waals surface area contributed by atoms with Crippen LogP contribution in [0.4, 0.5) is 10.5 Å². The number of amides is 2. The normalized spacial score (nSPS) is 12.0. The van der Waals surface area contributed by atoms with Gasteiger partial charge in [0.2, 0.25) is 0 Å². The summed E-state index contributed by atoms with van der Waals surface area (Å²) in [6.07, 6.45) is 0.931. The van der Waals surface area contributed by atoms with Crippen molar-refractivity contribution in [2.45, 2.75) is 33.2 Å². The number of carbonyl (C=O) groups excluding carboxylic acids is 1. The molecule has 0 heterocycles. The minimum atomic E-state index is -1.04. The summed E-state index contributed by atoms with van der Waals surface area (Å²) in [5.74, 6) is -1.21. The van der Waals surface area contributed by atoms with Crippen molar-refractivity contribution in [3.8, 4) is 0 Å². The number of aryl methyl sites for hydroxylation is 1. The Morgan fingerprint density at radius 2 is 1.79 bits per heavy atom. The Bertz CT molecular complexity index is 441. The van der Waals surface area contributed by atoms with Gasteiger partial charge in [-0.15, -0.1) is 0 Å². The molecule has 2 amide bonds. The molecule has 5 heteroatoms. The average molecular weight is 264 g/mol. The minimum Gasteiger partial charge on any atom is -0.480 e. The van der Waals surface area contributed by atoms with Gasteiger partial charge in [0.25, 0.3) is 0 Å². The number of carboxylic acid groups (broad SMARTS) is 1. The molecular weight excluding hydrogens is 244 g/mol. The summed E-state index contributed by atoms with van der Waals surface area (Å²) in [4.78, 5) is 22.7. The molecule has 1 aromatic carbocycles. The Balaban J connectivity index is 2.61. The van der Waals surface area contributed by atoms with Crippen LogP contribution in [0.15, 0.2) is 24.3 Å². The van der Waals surface area contributed by atoms with Crippen LogP contribution in [-0.4, -0.2) is 23.1 Å². The molecule has 0 saturated heterocycles. The lowest BCUT2D eigenvalue weighted by molar-refractivity contribution is -0.140. The van der Waals surface area contributed by atoms with Crippen molar-refractivity contribution in [1.82, 2.24) is 5.32 Å². The maximum absolute atomic E-state index is 11.7. The van der Waals surface area contributed by atoms with E-state index < -0.39 is 18.0 Å². The minimum absolute atomic E-state index is 0.175. The topological polar surface area (TPSA) is 78.4 Å². The van der Waals surface area contributed by atoms with Crippen molar-refractivity contribution >= 4 is 17.7 Å². The zero-order valence-electron chi connectivity index (χ0n) is 11.4. The maximum Gasteiger partial charge on any atom is 0.326 e. The van der Waals surface area contributed by atoms with E-state index in [2.05, 4.69) is 17.6 Å². The second kappa shape index (κ2) is 6.78. The molecule has 1 atom stereocenters. The van der Waals surface area contributed by atoms with Crippen LogP contribution >= 0.6 is 0 Å². The lowest BCUT2D eigenvalue weighted by Crippen LogP contribution is -2.46. The highest BCUT2D eigenvalue weighted by atomic mass is 16.4. The summed E-state index contributed by atoms with van der Waals surface area (Å²) >= 11 is 0. The lowest BCUT2D eigenvalue weighted by Gasteiger charge is -2.18. The molecule has 3 N–H and O–H groups in total. The van der Waals surface area contributed by atoms with Gasteiger partial charge in [-0.25, -0.2) is 9.59 Å². The molecule has 104 valence electrons. The zero-order valence-corrected chi connectivity index (χ0v) is 11.4. The molecule has 0 spiro atoms. The monoisotopic (exact) mass is 264 g/mol. The first-order chi connectivity index (χ1) is 8.93. The number of hydrogen-bond acceptors (Lipinski definition) is 2. The third-order valence-corrected chi connectivity index (χ3v) is 2.84. The van der Waals surface area contributed by atoms with E-state index in [0.717, 1.165) is 6.42 Å². The first-order valence-electron chi connectivity index (χ1n) is 6.33. The van der Waals surface area contributed by atoms with Gasteiger partial charge in [-0.2, -0.15) is 0 Å². The third-order valence-electron chi connectivity index (χ3n) is 2.84. The van der Waals surface area contributed by atoms with Gasteiger partial charge in [0.05, 0.1) is 0 Å². The number of rotatable bonds is 5. The molecule has 0 aromatic heterocycles. The fourth-order valence-corrected chi connectivity index (χ4v) is 1.65. The van der Waals surface area contributed by atoms with Gasteiger partial charge in [0, 0.05) is 5.69 Å². The summed E-state index contributed by atoms with van der Waals surface area (Å²) in [5.41, 5.74) is 1.82. The van der Waals surface area contributed by atoms with E-state index in [-0.39, 0.29) is 5.92 Å². The Labute approximate surface area is 113 Å². The van der Waals surface area contributed by atoms with Crippen LogP contribution in [0, 0.1) is 5.92 Å². The van der Waals surface area contributed by atoms with Gasteiger partial charge in [-0.1, -0.05) is 32.9 Å². The van der Waals surface area contributed by atoms with Crippen LogP contribution in [0.25, 0.3) is 0 Å². The van der Waals surface area contributed by atoms with Crippen molar-refractivity contribution in [2.75, 3.05) is 5.32 Å². The number of carboxylic acids is 1. The van der Waals surface area contributed by atoms with E-state index in [0.29, 0.717) is 5.69 Å². The van der Waals surface area contributed by atoms with Crippen LogP contribution in [0.1, 0.15) is 26.3 Å².